The second kappa shape index (κ2) is 10.2. The van der Waals surface area contributed by atoms with E-state index < -0.39 is 0 Å². The molecular formula is C28H30N3P. The number of hydrogen-bond acceptors (Lipinski definition) is 3. The Hall–Kier alpha value is -2.87. The van der Waals surface area contributed by atoms with Crippen molar-refractivity contribution in [1.82, 2.24) is 10.3 Å². The standard InChI is InChI=1S/C28H30N3P/c1-3-4-8-20-12-13-22(26(18-32)28(29)27-11-5-7-19(2)31-27)16-24(20)23-10-6-9-21-14-15-30-17-25(21)23/h4-13,16,18,29-30H,3,14-15,17,32H2,1-2H3/b8-4+,26-18-,29-28?. The van der Waals surface area contributed by atoms with Gasteiger partial charge in [0.15, 0.2) is 0 Å². The first-order valence-electron chi connectivity index (χ1n) is 11.2. The minimum atomic E-state index is 0.434. The molecule has 0 saturated carbocycles. The van der Waals surface area contributed by atoms with Gasteiger partial charge in [-0.15, -0.1) is 9.24 Å². The summed E-state index contributed by atoms with van der Waals surface area (Å²) in [6.45, 7) is 6.03. The van der Waals surface area contributed by atoms with Gasteiger partial charge < -0.3 is 5.32 Å². The minimum Gasteiger partial charge on any atom is -0.312 e. The third kappa shape index (κ3) is 4.65. The smallest absolute Gasteiger partial charge is 0.0888 e. The van der Waals surface area contributed by atoms with Crippen LogP contribution in [0.5, 0.6) is 0 Å². The van der Waals surface area contributed by atoms with Gasteiger partial charge in [-0.05, 0) is 77.9 Å². The molecule has 0 spiro atoms. The van der Waals surface area contributed by atoms with Gasteiger partial charge in [-0.25, -0.2) is 0 Å². The maximum absolute atomic E-state index is 8.84. The van der Waals surface area contributed by atoms with Crippen molar-refractivity contribution in [3.8, 4) is 11.1 Å². The van der Waals surface area contributed by atoms with Crippen molar-refractivity contribution in [2.75, 3.05) is 6.54 Å². The molecule has 32 heavy (non-hydrogen) atoms. The SMILES string of the molecule is CC/C=C/c1ccc(/C(=C/P)C(=N)c2cccc(C)n2)cc1-c1cccc2c1CNCC2. The Balaban J connectivity index is 1.84. The molecule has 3 aromatic rings. The quantitative estimate of drug-likeness (QED) is 0.344. The van der Waals surface area contributed by atoms with E-state index >= 15 is 0 Å². The summed E-state index contributed by atoms with van der Waals surface area (Å²) in [6.07, 6.45) is 6.48. The summed E-state index contributed by atoms with van der Waals surface area (Å²) in [5, 5.41) is 12.4. The molecule has 1 aromatic heterocycles. The van der Waals surface area contributed by atoms with E-state index in [2.05, 4.69) is 75.0 Å². The summed E-state index contributed by atoms with van der Waals surface area (Å²) in [7, 11) is 2.67. The summed E-state index contributed by atoms with van der Waals surface area (Å²) in [5.41, 5.74) is 10.4. The van der Waals surface area contributed by atoms with Crippen molar-refractivity contribution >= 4 is 26.6 Å². The van der Waals surface area contributed by atoms with Crippen molar-refractivity contribution in [2.24, 2.45) is 0 Å². The van der Waals surface area contributed by atoms with Crippen LogP contribution >= 0.6 is 9.24 Å². The number of hydrogen-bond donors (Lipinski definition) is 2. The largest absolute Gasteiger partial charge is 0.312 e. The zero-order chi connectivity index (χ0) is 22.5. The van der Waals surface area contributed by atoms with E-state index in [9.17, 15) is 0 Å². The van der Waals surface area contributed by atoms with E-state index in [0.717, 1.165) is 42.8 Å². The summed E-state index contributed by atoms with van der Waals surface area (Å²) in [4.78, 5) is 4.57. The molecule has 1 aliphatic heterocycles. The van der Waals surface area contributed by atoms with Crippen molar-refractivity contribution in [3.63, 3.8) is 0 Å². The number of rotatable bonds is 6. The highest BCUT2D eigenvalue weighted by Crippen LogP contribution is 2.34. The molecule has 4 rings (SSSR count). The highest BCUT2D eigenvalue weighted by atomic mass is 31.0. The average molecular weight is 440 g/mol. The lowest BCUT2D eigenvalue weighted by Crippen LogP contribution is -2.24. The molecule has 0 saturated heterocycles. The Morgan fingerprint density at radius 3 is 2.75 bits per heavy atom. The first-order chi connectivity index (χ1) is 15.6. The van der Waals surface area contributed by atoms with Gasteiger partial charge in [0, 0.05) is 17.8 Å². The lowest BCUT2D eigenvalue weighted by molar-refractivity contribution is 0.645. The normalized spacial score (nSPS) is 13.9. The van der Waals surface area contributed by atoms with E-state index in [1.165, 1.54) is 27.8 Å². The number of pyridine rings is 1. The van der Waals surface area contributed by atoms with E-state index in [4.69, 9.17) is 5.41 Å². The predicted molar refractivity (Wildman–Crippen MR) is 140 cm³/mol. The van der Waals surface area contributed by atoms with Crippen LogP contribution in [0.1, 0.15) is 47.0 Å². The maximum atomic E-state index is 8.84. The molecule has 1 atom stereocenters. The third-order valence-corrected chi connectivity index (χ3v) is 6.25. The van der Waals surface area contributed by atoms with Crippen LogP contribution in [0.2, 0.25) is 0 Å². The lowest BCUT2D eigenvalue weighted by Gasteiger charge is -2.22. The summed E-state index contributed by atoms with van der Waals surface area (Å²) >= 11 is 0. The monoisotopic (exact) mass is 439 g/mol. The Labute approximate surface area is 193 Å². The minimum absolute atomic E-state index is 0.434. The molecule has 0 fully saturated rings. The maximum Gasteiger partial charge on any atom is 0.0888 e. The van der Waals surface area contributed by atoms with Crippen LogP contribution in [-0.2, 0) is 13.0 Å². The van der Waals surface area contributed by atoms with E-state index in [0.29, 0.717) is 11.4 Å². The predicted octanol–water partition coefficient (Wildman–Crippen LogP) is 6.41. The molecule has 0 amide bonds. The van der Waals surface area contributed by atoms with Crippen molar-refractivity contribution in [2.45, 2.75) is 33.2 Å². The number of benzene rings is 2. The van der Waals surface area contributed by atoms with Crippen molar-refractivity contribution in [3.05, 3.63) is 100 Å². The second-order valence-corrected chi connectivity index (χ2v) is 8.44. The van der Waals surface area contributed by atoms with Gasteiger partial charge in [-0.1, -0.05) is 61.3 Å². The number of nitrogens with one attached hydrogen (secondary N) is 2. The lowest BCUT2D eigenvalue weighted by atomic mass is 9.87. The molecule has 0 radical (unpaired) electrons. The van der Waals surface area contributed by atoms with Gasteiger partial charge in [0.1, 0.15) is 0 Å². The summed E-state index contributed by atoms with van der Waals surface area (Å²) in [6, 6.07) is 19.0. The molecule has 2 N–H and O–H groups in total. The molecular weight excluding hydrogens is 409 g/mol. The molecule has 4 heteroatoms. The van der Waals surface area contributed by atoms with Gasteiger partial charge in [-0.3, -0.25) is 10.4 Å². The van der Waals surface area contributed by atoms with Crippen LogP contribution in [-0.4, -0.2) is 17.2 Å². The van der Waals surface area contributed by atoms with Crippen LogP contribution in [0.25, 0.3) is 22.8 Å². The van der Waals surface area contributed by atoms with E-state index in [1.807, 2.05) is 30.9 Å². The average Bonchev–Trinajstić information content (AvgIpc) is 2.83. The first-order valence-corrected chi connectivity index (χ1v) is 11.9. The van der Waals surface area contributed by atoms with Crippen LogP contribution in [0.4, 0.5) is 0 Å². The first kappa shape index (κ1) is 22.3. The zero-order valence-electron chi connectivity index (χ0n) is 18.8. The fraction of sp³-hybridized carbons (Fsp3) is 0.214. The highest BCUT2D eigenvalue weighted by Gasteiger charge is 2.18. The number of fused-ring (bicyclic) bond motifs is 1. The van der Waals surface area contributed by atoms with Crippen LogP contribution in [0.15, 0.2) is 66.5 Å². The number of aromatic nitrogens is 1. The van der Waals surface area contributed by atoms with E-state index in [-0.39, 0.29) is 0 Å². The van der Waals surface area contributed by atoms with Gasteiger partial charge >= 0.3 is 0 Å². The number of allylic oxidation sites excluding steroid dienone is 2. The van der Waals surface area contributed by atoms with E-state index in [1.54, 1.807) is 0 Å². The molecule has 0 bridgehead atoms. The van der Waals surface area contributed by atoms with Gasteiger partial charge in [0.2, 0.25) is 0 Å². The molecule has 1 unspecified atom stereocenters. The molecule has 2 heterocycles. The Morgan fingerprint density at radius 2 is 1.97 bits per heavy atom. The summed E-state index contributed by atoms with van der Waals surface area (Å²) in [5.74, 6) is 1.94. The molecule has 2 aromatic carbocycles. The van der Waals surface area contributed by atoms with Crippen molar-refractivity contribution < 1.29 is 0 Å². The van der Waals surface area contributed by atoms with Crippen LogP contribution in [0.3, 0.4) is 0 Å². The zero-order valence-corrected chi connectivity index (χ0v) is 19.9. The van der Waals surface area contributed by atoms with Crippen molar-refractivity contribution in [1.29, 1.82) is 5.41 Å². The molecule has 3 nitrogen and oxygen atoms in total. The van der Waals surface area contributed by atoms with Gasteiger partial charge in [0.25, 0.3) is 0 Å². The Morgan fingerprint density at radius 1 is 1.12 bits per heavy atom. The topological polar surface area (TPSA) is 48.8 Å². The summed E-state index contributed by atoms with van der Waals surface area (Å²) < 4.78 is 0. The highest BCUT2D eigenvalue weighted by molar-refractivity contribution is 7.21. The third-order valence-electron chi connectivity index (χ3n) is 5.91. The van der Waals surface area contributed by atoms with Crippen LogP contribution < -0.4 is 5.32 Å². The second-order valence-electron chi connectivity index (χ2n) is 8.10. The van der Waals surface area contributed by atoms with Gasteiger partial charge in [0.05, 0.1) is 11.4 Å². The fourth-order valence-electron chi connectivity index (χ4n) is 4.26. The Bertz CT molecular complexity index is 1210. The fourth-order valence-corrected chi connectivity index (χ4v) is 4.62. The molecule has 0 aliphatic carbocycles. The Kier molecular flexibility index (Phi) is 7.09. The number of aryl methyl sites for hydroxylation is 1. The van der Waals surface area contributed by atoms with Gasteiger partial charge in [-0.2, -0.15) is 0 Å². The van der Waals surface area contributed by atoms with Crippen LogP contribution in [0, 0.1) is 12.3 Å². The number of nitrogens with zero attached hydrogens (tertiary/aromatic N) is 1. The molecule has 162 valence electrons. The molecule has 1 aliphatic rings.